The fourth-order valence-electron chi connectivity index (χ4n) is 4.39. The number of carbonyl (C=O) groups is 1. The largest absolute Gasteiger partial charge is 0.394 e. The topological polar surface area (TPSA) is 113 Å². The zero-order valence-electron chi connectivity index (χ0n) is 18.4. The predicted molar refractivity (Wildman–Crippen MR) is 121 cm³/mol. The van der Waals surface area contributed by atoms with Crippen LogP contribution in [0.2, 0.25) is 0 Å². The van der Waals surface area contributed by atoms with E-state index in [0.717, 1.165) is 16.7 Å². The number of pyridine rings is 1. The van der Waals surface area contributed by atoms with Crippen LogP contribution in [0.25, 0.3) is 0 Å². The zero-order valence-corrected chi connectivity index (χ0v) is 18.4. The van der Waals surface area contributed by atoms with E-state index in [9.17, 15) is 9.90 Å². The molecule has 3 heterocycles. The number of amides is 1. The Morgan fingerprint density at radius 3 is 1.94 bits per heavy atom. The molecule has 3 N–H and O–H groups in total. The van der Waals surface area contributed by atoms with Crippen LogP contribution < -0.4 is 5.73 Å². The Balaban J connectivity index is 1.47. The highest BCUT2D eigenvalue weighted by Gasteiger charge is 2.50. The number of hydrogen-bond donors (Lipinski definition) is 2. The molecule has 0 bridgehead atoms. The van der Waals surface area contributed by atoms with E-state index in [-0.39, 0.29) is 12.3 Å². The number of rotatable bonds is 6. The standard InChI is InChI=1S/C26H26N2O6/c27-24(30)19-13-16(11-12-28-19)14-20-22-23(34-25(31-20)17-7-3-1-4-8-17)21(15-29)32-26(33-22)18-9-5-2-6-10-18/h1-13,20-23,25-26,29H,14-15H2,(H2,27,30). The van der Waals surface area contributed by atoms with Crippen LogP contribution in [0, 0.1) is 0 Å². The molecule has 34 heavy (non-hydrogen) atoms. The quantitative estimate of drug-likeness (QED) is 0.579. The Labute approximate surface area is 197 Å². The van der Waals surface area contributed by atoms with E-state index in [1.807, 2.05) is 66.7 Å². The van der Waals surface area contributed by atoms with E-state index in [2.05, 4.69) is 4.98 Å². The van der Waals surface area contributed by atoms with Crippen LogP contribution in [0.15, 0.2) is 79.0 Å². The molecule has 2 aliphatic rings. The highest BCUT2D eigenvalue weighted by molar-refractivity contribution is 5.90. The number of primary amides is 1. The summed E-state index contributed by atoms with van der Waals surface area (Å²) in [6, 6.07) is 22.6. The Kier molecular flexibility index (Phi) is 6.66. The van der Waals surface area contributed by atoms with Gasteiger partial charge in [0.05, 0.1) is 12.7 Å². The number of aliphatic hydroxyl groups is 1. The first-order valence-electron chi connectivity index (χ1n) is 11.2. The van der Waals surface area contributed by atoms with Gasteiger partial charge in [-0.1, -0.05) is 60.7 Å². The second-order valence-corrected chi connectivity index (χ2v) is 8.34. The molecule has 8 heteroatoms. The van der Waals surface area contributed by atoms with E-state index in [1.54, 1.807) is 12.3 Å². The maximum absolute atomic E-state index is 11.6. The van der Waals surface area contributed by atoms with Gasteiger partial charge < -0.3 is 29.8 Å². The van der Waals surface area contributed by atoms with Gasteiger partial charge in [0.25, 0.3) is 5.91 Å². The Hall–Kier alpha value is -3.14. The summed E-state index contributed by atoms with van der Waals surface area (Å²) in [5.74, 6) is -0.596. The van der Waals surface area contributed by atoms with Gasteiger partial charge in [-0.15, -0.1) is 0 Å². The minimum atomic E-state index is -0.679. The molecule has 0 spiro atoms. The molecular formula is C26H26N2O6. The first-order valence-corrected chi connectivity index (χ1v) is 11.2. The van der Waals surface area contributed by atoms with Crippen LogP contribution in [0.1, 0.15) is 39.8 Å². The van der Waals surface area contributed by atoms with Crippen molar-refractivity contribution >= 4 is 5.91 Å². The smallest absolute Gasteiger partial charge is 0.267 e. The number of nitrogens with two attached hydrogens (primary N) is 1. The molecule has 176 valence electrons. The highest BCUT2D eigenvalue weighted by atomic mass is 16.8. The summed E-state index contributed by atoms with van der Waals surface area (Å²) in [7, 11) is 0. The first kappa shape index (κ1) is 22.6. The molecule has 1 aromatic heterocycles. The summed E-state index contributed by atoms with van der Waals surface area (Å²) in [6.07, 6.45) is -1.52. The average molecular weight is 463 g/mol. The maximum Gasteiger partial charge on any atom is 0.267 e. The monoisotopic (exact) mass is 462 g/mol. The lowest BCUT2D eigenvalue weighted by Crippen LogP contribution is -2.59. The van der Waals surface area contributed by atoms with E-state index in [1.165, 1.54) is 0 Å². The lowest BCUT2D eigenvalue weighted by atomic mass is 9.94. The molecule has 3 aromatic rings. The lowest BCUT2D eigenvalue weighted by Gasteiger charge is -2.49. The van der Waals surface area contributed by atoms with Crippen molar-refractivity contribution in [3.63, 3.8) is 0 Å². The van der Waals surface area contributed by atoms with Crippen molar-refractivity contribution in [2.24, 2.45) is 5.73 Å². The average Bonchev–Trinajstić information content (AvgIpc) is 2.89. The molecule has 2 fully saturated rings. The summed E-state index contributed by atoms with van der Waals surface area (Å²) < 4.78 is 25.1. The third-order valence-electron chi connectivity index (χ3n) is 6.05. The second kappa shape index (κ2) is 10.0. The summed E-state index contributed by atoms with van der Waals surface area (Å²) in [6.45, 7) is -0.233. The third-order valence-corrected chi connectivity index (χ3v) is 6.05. The number of nitrogens with zero attached hydrogens (tertiary/aromatic N) is 1. The molecule has 2 aromatic carbocycles. The minimum absolute atomic E-state index is 0.184. The van der Waals surface area contributed by atoms with Crippen LogP contribution in [0.4, 0.5) is 0 Å². The van der Waals surface area contributed by atoms with Gasteiger partial charge in [0, 0.05) is 23.7 Å². The molecule has 1 amide bonds. The summed E-state index contributed by atoms with van der Waals surface area (Å²) in [5.41, 5.74) is 8.11. The van der Waals surface area contributed by atoms with Gasteiger partial charge in [0.15, 0.2) is 12.6 Å². The number of hydrogen-bond acceptors (Lipinski definition) is 7. The van der Waals surface area contributed by atoms with Gasteiger partial charge in [-0.3, -0.25) is 9.78 Å². The number of benzene rings is 2. The lowest BCUT2D eigenvalue weighted by molar-refractivity contribution is -0.384. The van der Waals surface area contributed by atoms with E-state index < -0.39 is 42.9 Å². The summed E-state index contributed by atoms with van der Waals surface area (Å²) in [4.78, 5) is 15.7. The van der Waals surface area contributed by atoms with Crippen LogP contribution in [-0.2, 0) is 25.4 Å². The number of aliphatic hydroxyl groups excluding tert-OH is 1. The first-order chi connectivity index (χ1) is 16.6. The molecule has 6 atom stereocenters. The van der Waals surface area contributed by atoms with Crippen molar-refractivity contribution < 1.29 is 28.8 Å². The summed E-state index contributed by atoms with van der Waals surface area (Å²) in [5, 5.41) is 10.2. The van der Waals surface area contributed by atoms with Crippen molar-refractivity contribution in [2.45, 2.75) is 43.4 Å². The number of aromatic nitrogens is 1. The number of ether oxygens (including phenoxy) is 4. The molecule has 8 nitrogen and oxygen atoms in total. The van der Waals surface area contributed by atoms with Gasteiger partial charge in [-0.2, -0.15) is 0 Å². The van der Waals surface area contributed by atoms with Gasteiger partial charge in [-0.25, -0.2) is 0 Å². The molecule has 6 unspecified atom stereocenters. The Morgan fingerprint density at radius 1 is 0.824 bits per heavy atom. The van der Waals surface area contributed by atoms with Crippen molar-refractivity contribution in [1.82, 2.24) is 4.98 Å². The molecule has 0 saturated carbocycles. The maximum atomic E-state index is 11.6. The molecule has 5 rings (SSSR count). The predicted octanol–water partition coefficient (Wildman–Crippen LogP) is 2.68. The van der Waals surface area contributed by atoms with Crippen molar-refractivity contribution in [3.8, 4) is 0 Å². The Bertz CT molecular complexity index is 1110. The molecule has 0 aliphatic carbocycles. The zero-order chi connectivity index (χ0) is 23.5. The van der Waals surface area contributed by atoms with E-state index >= 15 is 0 Å². The third kappa shape index (κ3) is 4.72. The number of fused-ring (bicyclic) bond motifs is 1. The molecule has 2 saturated heterocycles. The molecule has 2 aliphatic heterocycles. The van der Waals surface area contributed by atoms with Gasteiger partial charge in [-0.05, 0) is 17.7 Å². The van der Waals surface area contributed by atoms with Crippen molar-refractivity contribution in [1.29, 1.82) is 0 Å². The molecular weight excluding hydrogens is 436 g/mol. The van der Waals surface area contributed by atoms with Gasteiger partial charge in [0.1, 0.15) is 24.0 Å². The van der Waals surface area contributed by atoms with E-state index in [0.29, 0.717) is 6.42 Å². The Morgan fingerprint density at radius 2 is 1.38 bits per heavy atom. The minimum Gasteiger partial charge on any atom is -0.394 e. The van der Waals surface area contributed by atoms with Gasteiger partial charge >= 0.3 is 0 Å². The second-order valence-electron chi connectivity index (χ2n) is 8.34. The van der Waals surface area contributed by atoms with Crippen LogP contribution in [0.5, 0.6) is 0 Å². The van der Waals surface area contributed by atoms with Gasteiger partial charge in [0.2, 0.25) is 0 Å². The van der Waals surface area contributed by atoms with Crippen LogP contribution >= 0.6 is 0 Å². The van der Waals surface area contributed by atoms with Crippen LogP contribution in [0.3, 0.4) is 0 Å². The number of carbonyl (C=O) groups excluding carboxylic acids is 1. The van der Waals surface area contributed by atoms with E-state index in [4.69, 9.17) is 24.7 Å². The van der Waals surface area contributed by atoms with Crippen LogP contribution in [-0.4, -0.2) is 47.0 Å². The molecule has 0 radical (unpaired) electrons. The fourth-order valence-corrected chi connectivity index (χ4v) is 4.39. The highest BCUT2D eigenvalue weighted by Crippen LogP contribution is 2.41. The summed E-state index contributed by atoms with van der Waals surface area (Å²) >= 11 is 0. The van der Waals surface area contributed by atoms with Crippen molar-refractivity contribution in [3.05, 3.63) is 101 Å². The fraction of sp³-hybridized carbons (Fsp3) is 0.308. The van der Waals surface area contributed by atoms with Crippen molar-refractivity contribution in [2.75, 3.05) is 6.61 Å². The SMILES string of the molecule is NC(=O)c1cc(CC2OC(c3ccccc3)OC3C(CO)OC(c4ccccc4)OC23)ccn1. The normalized spacial score (nSPS) is 28.7.